The highest BCUT2D eigenvalue weighted by atomic mass is 16.2. The molecular weight excluding hydrogens is 472 g/mol. The van der Waals surface area contributed by atoms with Gasteiger partial charge in [-0.3, -0.25) is 33.8 Å². The summed E-state index contributed by atoms with van der Waals surface area (Å²) >= 11 is 0. The minimum atomic E-state index is -0.791. The first kappa shape index (κ1) is 32.5. The van der Waals surface area contributed by atoms with E-state index in [2.05, 4.69) is 5.32 Å². The summed E-state index contributed by atoms with van der Waals surface area (Å²) in [6.45, 7) is 16.9. The number of hydrogen-bond donors (Lipinski definition) is 1. The molecule has 1 rings (SSSR count). The predicted octanol–water partition coefficient (Wildman–Crippen LogP) is 2.64. The number of imide groups is 1. The molecule has 0 aromatic rings. The van der Waals surface area contributed by atoms with Crippen LogP contribution in [0.15, 0.2) is 11.6 Å². The Kier molecular flexibility index (Phi) is 10.8. The van der Waals surface area contributed by atoms with Gasteiger partial charge in [-0.15, -0.1) is 0 Å². The number of rotatable bonds is 10. The van der Waals surface area contributed by atoms with E-state index in [9.17, 15) is 24.0 Å². The Labute approximate surface area is 223 Å². The van der Waals surface area contributed by atoms with Crippen LogP contribution in [0.1, 0.15) is 75.2 Å². The van der Waals surface area contributed by atoms with Gasteiger partial charge in [0.2, 0.25) is 23.6 Å². The van der Waals surface area contributed by atoms with Crippen LogP contribution < -0.4 is 5.32 Å². The van der Waals surface area contributed by atoms with Crippen LogP contribution in [-0.4, -0.2) is 89.9 Å². The summed E-state index contributed by atoms with van der Waals surface area (Å²) in [4.78, 5) is 68.3. The lowest BCUT2D eigenvalue weighted by atomic mass is 9.82. The number of carbonyl (C=O) groups is 5. The maximum absolute atomic E-state index is 13.8. The van der Waals surface area contributed by atoms with Crippen molar-refractivity contribution in [1.82, 2.24) is 20.0 Å². The highest BCUT2D eigenvalue weighted by molar-refractivity contribution is 6.07. The fourth-order valence-corrected chi connectivity index (χ4v) is 4.79. The summed E-state index contributed by atoms with van der Waals surface area (Å²) in [5, 5.41) is 3.01. The molecule has 9 heteroatoms. The van der Waals surface area contributed by atoms with E-state index in [0.717, 1.165) is 4.90 Å². The number of carbonyl (C=O) groups excluding carboxylic acids is 5. The molecule has 1 heterocycles. The van der Waals surface area contributed by atoms with Crippen molar-refractivity contribution >= 4 is 29.4 Å². The predicted molar refractivity (Wildman–Crippen MR) is 144 cm³/mol. The molecule has 0 saturated carbocycles. The Morgan fingerprint density at radius 3 is 1.81 bits per heavy atom. The average molecular weight is 521 g/mol. The molecule has 1 aliphatic rings. The SMILES string of the molecule is C/C(=C\[C@H](C(C)C)N(C)C(=O)[C@@H](NC(=O)[C@@H](N(C)C)C(C)(C)C)C(C)(C)C)C(=O)CN1C(=O)CCC1=O. The summed E-state index contributed by atoms with van der Waals surface area (Å²) in [7, 11) is 5.36. The zero-order chi connectivity index (χ0) is 29.0. The van der Waals surface area contributed by atoms with Crippen molar-refractivity contribution in [3.63, 3.8) is 0 Å². The van der Waals surface area contributed by atoms with E-state index < -0.39 is 23.5 Å². The fraction of sp³-hybridized carbons (Fsp3) is 0.750. The second kappa shape index (κ2) is 12.3. The molecule has 9 nitrogen and oxygen atoms in total. The maximum atomic E-state index is 13.8. The quantitative estimate of drug-likeness (QED) is 0.351. The van der Waals surface area contributed by atoms with Gasteiger partial charge in [-0.05, 0) is 43.3 Å². The standard InChI is InChI=1S/C28H48N4O5/c1-17(2)19(15-18(3)20(33)16-32-21(34)13-14-22(32)35)31(12)26(37)23(27(4,5)6)29-25(36)24(30(10)11)28(7,8)9/h15,17,19,23-24H,13-14,16H2,1-12H3,(H,29,36)/b18-15+/t19-,23-,24-/m1/s1. The molecule has 0 bridgehead atoms. The second-order valence-corrected chi connectivity index (χ2v) is 12.9. The van der Waals surface area contributed by atoms with Gasteiger partial charge in [0.1, 0.15) is 6.04 Å². The van der Waals surface area contributed by atoms with E-state index >= 15 is 0 Å². The summed E-state index contributed by atoms with van der Waals surface area (Å²) in [5.41, 5.74) is -0.533. The summed E-state index contributed by atoms with van der Waals surface area (Å²) < 4.78 is 0. The second-order valence-electron chi connectivity index (χ2n) is 12.9. The third kappa shape index (κ3) is 8.48. The van der Waals surface area contributed by atoms with Crippen molar-refractivity contribution in [2.24, 2.45) is 16.7 Å². The van der Waals surface area contributed by atoms with Crippen LogP contribution in [0.25, 0.3) is 0 Å². The zero-order valence-corrected chi connectivity index (χ0v) is 24.9. The lowest BCUT2D eigenvalue weighted by Crippen LogP contribution is -2.60. The number of nitrogens with zero attached hydrogens (tertiary/aromatic N) is 3. The first-order valence-electron chi connectivity index (χ1n) is 13.0. The Balaban J connectivity index is 3.22. The monoisotopic (exact) mass is 520 g/mol. The molecule has 1 aliphatic heterocycles. The first-order valence-corrected chi connectivity index (χ1v) is 13.0. The lowest BCUT2D eigenvalue weighted by molar-refractivity contribution is -0.142. The molecule has 0 unspecified atom stereocenters. The first-order chi connectivity index (χ1) is 16.7. The Bertz CT molecular complexity index is 908. The minimum absolute atomic E-state index is 0.0350. The van der Waals surface area contributed by atoms with E-state index in [1.807, 2.05) is 74.4 Å². The number of amides is 4. The van der Waals surface area contributed by atoms with Crippen LogP contribution in [0.3, 0.4) is 0 Å². The molecule has 3 atom stereocenters. The number of hydrogen-bond acceptors (Lipinski definition) is 6. The van der Waals surface area contributed by atoms with Crippen molar-refractivity contribution in [1.29, 1.82) is 0 Å². The molecule has 4 amide bonds. The van der Waals surface area contributed by atoms with Gasteiger partial charge < -0.3 is 10.2 Å². The van der Waals surface area contributed by atoms with Gasteiger partial charge in [0, 0.05) is 19.9 Å². The smallest absolute Gasteiger partial charge is 0.245 e. The molecule has 1 fully saturated rings. The summed E-state index contributed by atoms with van der Waals surface area (Å²) in [6, 6.07) is -1.66. The normalized spacial score (nSPS) is 17.8. The lowest BCUT2D eigenvalue weighted by Gasteiger charge is -2.40. The van der Waals surface area contributed by atoms with Gasteiger partial charge in [-0.2, -0.15) is 0 Å². The molecular formula is C28H48N4O5. The molecule has 0 aromatic carbocycles. The summed E-state index contributed by atoms with van der Waals surface area (Å²) in [6.07, 6.45) is 1.98. The number of nitrogens with one attached hydrogen (secondary N) is 1. The summed E-state index contributed by atoms with van der Waals surface area (Å²) in [5.74, 6) is -1.53. The van der Waals surface area contributed by atoms with E-state index in [4.69, 9.17) is 0 Å². The molecule has 0 spiro atoms. The van der Waals surface area contributed by atoms with Crippen LogP contribution in [0.4, 0.5) is 0 Å². The molecule has 0 radical (unpaired) electrons. The average Bonchev–Trinajstić information content (AvgIpc) is 3.04. The fourth-order valence-electron chi connectivity index (χ4n) is 4.79. The molecule has 1 N–H and O–H groups in total. The van der Waals surface area contributed by atoms with Gasteiger partial charge in [0.15, 0.2) is 5.78 Å². The van der Waals surface area contributed by atoms with Crippen LogP contribution in [0, 0.1) is 16.7 Å². The Morgan fingerprint density at radius 1 is 0.946 bits per heavy atom. The van der Waals surface area contributed by atoms with E-state index in [-0.39, 0.29) is 60.1 Å². The molecule has 0 aliphatic carbocycles. The van der Waals surface area contributed by atoms with Crippen molar-refractivity contribution < 1.29 is 24.0 Å². The van der Waals surface area contributed by atoms with Crippen LogP contribution >= 0.6 is 0 Å². The van der Waals surface area contributed by atoms with E-state index in [0.29, 0.717) is 5.57 Å². The molecule has 37 heavy (non-hydrogen) atoms. The van der Waals surface area contributed by atoms with Crippen molar-refractivity contribution in [2.45, 2.75) is 93.3 Å². The van der Waals surface area contributed by atoms with Gasteiger partial charge in [-0.25, -0.2) is 0 Å². The Hall–Kier alpha value is -2.55. The third-order valence-corrected chi connectivity index (χ3v) is 6.78. The Morgan fingerprint density at radius 2 is 1.43 bits per heavy atom. The van der Waals surface area contributed by atoms with Crippen molar-refractivity contribution in [2.75, 3.05) is 27.7 Å². The minimum Gasteiger partial charge on any atom is -0.342 e. The number of Topliss-reactive ketones (excluding diaryl/α,β-unsaturated/α-hetero) is 1. The van der Waals surface area contributed by atoms with Gasteiger partial charge in [0.25, 0.3) is 0 Å². The highest BCUT2D eigenvalue weighted by Gasteiger charge is 2.41. The van der Waals surface area contributed by atoms with E-state index in [1.54, 1.807) is 24.9 Å². The molecule has 1 saturated heterocycles. The maximum Gasteiger partial charge on any atom is 0.245 e. The zero-order valence-electron chi connectivity index (χ0n) is 24.9. The van der Waals surface area contributed by atoms with Gasteiger partial charge >= 0.3 is 0 Å². The number of likely N-dealkylation sites (tertiary alicyclic amines) is 1. The van der Waals surface area contributed by atoms with E-state index in [1.165, 1.54) is 0 Å². The van der Waals surface area contributed by atoms with Crippen molar-refractivity contribution in [3.8, 4) is 0 Å². The number of likely N-dealkylation sites (N-methyl/N-ethyl adjacent to an activating group) is 2. The molecule has 210 valence electrons. The van der Waals surface area contributed by atoms with Crippen LogP contribution in [0.2, 0.25) is 0 Å². The van der Waals surface area contributed by atoms with Gasteiger partial charge in [0.05, 0.1) is 18.6 Å². The molecule has 0 aromatic heterocycles. The third-order valence-electron chi connectivity index (χ3n) is 6.78. The largest absolute Gasteiger partial charge is 0.342 e. The van der Waals surface area contributed by atoms with Gasteiger partial charge in [-0.1, -0.05) is 61.5 Å². The highest BCUT2D eigenvalue weighted by Crippen LogP contribution is 2.27. The van der Waals surface area contributed by atoms with Crippen molar-refractivity contribution in [3.05, 3.63) is 11.6 Å². The number of ketones is 1. The topological polar surface area (TPSA) is 107 Å². The van der Waals surface area contributed by atoms with Crippen LogP contribution in [-0.2, 0) is 24.0 Å². The van der Waals surface area contributed by atoms with Crippen LogP contribution in [0.5, 0.6) is 0 Å².